The molecule has 0 bridgehead atoms. The van der Waals surface area contributed by atoms with Crippen LogP contribution in [-0.4, -0.2) is 18.2 Å². The van der Waals surface area contributed by atoms with Gasteiger partial charge in [0.1, 0.15) is 0 Å². The van der Waals surface area contributed by atoms with Gasteiger partial charge in [0.2, 0.25) is 0 Å². The Morgan fingerprint density at radius 3 is 2.48 bits per heavy atom. The zero-order valence-corrected chi connectivity index (χ0v) is 13.7. The van der Waals surface area contributed by atoms with E-state index in [1.54, 1.807) is 20.2 Å². The summed E-state index contributed by atoms with van der Waals surface area (Å²) >= 11 is 0. The van der Waals surface area contributed by atoms with Crippen molar-refractivity contribution >= 4 is 15.7 Å². The van der Waals surface area contributed by atoms with Gasteiger partial charge in [-0.3, -0.25) is 9.40 Å². The molecule has 21 heavy (non-hydrogen) atoms. The van der Waals surface area contributed by atoms with Crippen LogP contribution >= 0.6 is 0 Å². The average molecular weight is 307 g/mol. The van der Waals surface area contributed by atoms with Gasteiger partial charge in [-0.05, 0) is 37.0 Å². The summed E-state index contributed by atoms with van der Waals surface area (Å²) in [7, 11) is -2.01. The van der Waals surface area contributed by atoms with Crippen LogP contribution in [0.4, 0.5) is 5.69 Å². The second kappa shape index (κ2) is 5.89. The summed E-state index contributed by atoms with van der Waals surface area (Å²) in [5.74, 6) is 0. The van der Waals surface area contributed by atoms with E-state index in [2.05, 4.69) is 9.82 Å². The third kappa shape index (κ3) is 3.10. The molecule has 0 aliphatic heterocycles. The lowest BCUT2D eigenvalue weighted by atomic mass is 10.1. The summed E-state index contributed by atoms with van der Waals surface area (Å²) in [5, 5.41) is 4.20. The highest BCUT2D eigenvalue weighted by atomic mass is 32.2. The summed E-state index contributed by atoms with van der Waals surface area (Å²) in [6.07, 6.45) is 3.19. The van der Waals surface area contributed by atoms with Crippen LogP contribution in [0.25, 0.3) is 0 Å². The van der Waals surface area contributed by atoms with Crippen LogP contribution in [0, 0.1) is 6.92 Å². The van der Waals surface area contributed by atoms with Gasteiger partial charge in [0, 0.05) is 12.6 Å². The Morgan fingerprint density at radius 2 is 1.95 bits per heavy atom. The van der Waals surface area contributed by atoms with Crippen LogP contribution in [0.5, 0.6) is 0 Å². The summed E-state index contributed by atoms with van der Waals surface area (Å²) in [6, 6.07) is 5.92. The molecule has 6 heteroatoms. The third-order valence-electron chi connectivity index (χ3n) is 3.52. The van der Waals surface area contributed by atoms with E-state index < -0.39 is 10.0 Å². The molecule has 1 aromatic heterocycles. The van der Waals surface area contributed by atoms with E-state index in [1.807, 2.05) is 32.0 Å². The van der Waals surface area contributed by atoms with Gasteiger partial charge in [-0.25, -0.2) is 0 Å². The summed E-state index contributed by atoms with van der Waals surface area (Å²) in [4.78, 5) is 0. The van der Waals surface area contributed by atoms with E-state index in [-0.39, 0.29) is 5.03 Å². The van der Waals surface area contributed by atoms with E-state index in [4.69, 9.17) is 0 Å². The first kappa shape index (κ1) is 15.6. The van der Waals surface area contributed by atoms with Crippen LogP contribution in [0.15, 0.2) is 29.4 Å². The topological polar surface area (TPSA) is 64.0 Å². The van der Waals surface area contributed by atoms with Gasteiger partial charge in [0.15, 0.2) is 5.03 Å². The largest absolute Gasteiger partial charge is 0.279 e. The number of benzene rings is 1. The standard InChI is InChI=1S/C15H21N3O2S/c1-5-12-7-8-13(6-2)14(9-12)17-21(19,20)15-11(3)10-16-18(15)4/h7-10,17H,5-6H2,1-4H3. The fraction of sp³-hybridized carbons (Fsp3) is 0.400. The zero-order valence-electron chi connectivity index (χ0n) is 12.8. The number of nitrogens with one attached hydrogen (secondary N) is 1. The number of rotatable bonds is 5. The molecule has 5 nitrogen and oxygen atoms in total. The van der Waals surface area contributed by atoms with E-state index >= 15 is 0 Å². The number of hydrogen-bond acceptors (Lipinski definition) is 3. The normalized spacial score (nSPS) is 11.6. The maximum atomic E-state index is 12.6. The first-order valence-corrected chi connectivity index (χ1v) is 8.50. The highest BCUT2D eigenvalue weighted by Crippen LogP contribution is 2.23. The molecule has 0 saturated carbocycles. The van der Waals surface area contributed by atoms with Crippen molar-refractivity contribution in [2.24, 2.45) is 7.05 Å². The van der Waals surface area contributed by atoms with Crippen molar-refractivity contribution in [1.82, 2.24) is 9.78 Å². The summed E-state index contributed by atoms with van der Waals surface area (Å²) < 4.78 is 29.3. The molecule has 1 aromatic carbocycles. The molecule has 1 heterocycles. The SMILES string of the molecule is CCc1ccc(CC)c(NS(=O)(=O)c2c(C)cnn2C)c1. The van der Waals surface area contributed by atoms with Gasteiger partial charge in [0.05, 0.1) is 11.9 Å². The van der Waals surface area contributed by atoms with Gasteiger partial charge in [-0.1, -0.05) is 26.0 Å². The number of anilines is 1. The molecular weight excluding hydrogens is 286 g/mol. The van der Waals surface area contributed by atoms with Gasteiger partial charge in [-0.2, -0.15) is 13.5 Å². The number of sulfonamides is 1. The number of hydrogen-bond donors (Lipinski definition) is 1. The lowest BCUT2D eigenvalue weighted by Crippen LogP contribution is -2.18. The quantitative estimate of drug-likeness (QED) is 0.923. The Balaban J connectivity index is 2.46. The van der Waals surface area contributed by atoms with Crippen LogP contribution in [0.3, 0.4) is 0 Å². The van der Waals surface area contributed by atoms with E-state index in [0.29, 0.717) is 11.3 Å². The van der Waals surface area contributed by atoms with Crippen molar-refractivity contribution in [2.45, 2.75) is 38.6 Å². The van der Waals surface area contributed by atoms with E-state index in [1.165, 1.54) is 4.68 Å². The molecule has 114 valence electrons. The van der Waals surface area contributed by atoms with Gasteiger partial charge < -0.3 is 0 Å². The fourth-order valence-corrected chi connectivity index (χ4v) is 3.81. The summed E-state index contributed by atoms with van der Waals surface area (Å²) in [6.45, 7) is 5.79. The Bertz CT molecular complexity index is 729. The molecule has 0 atom stereocenters. The van der Waals surface area contributed by atoms with Gasteiger partial charge in [0.25, 0.3) is 10.0 Å². The molecule has 0 saturated heterocycles. The van der Waals surface area contributed by atoms with Crippen molar-refractivity contribution in [3.05, 3.63) is 41.1 Å². The number of aromatic nitrogens is 2. The van der Waals surface area contributed by atoms with Crippen LogP contribution < -0.4 is 4.72 Å². The third-order valence-corrected chi connectivity index (χ3v) is 5.10. The van der Waals surface area contributed by atoms with E-state index in [0.717, 1.165) is 24.0 Å². The Kier molecular flexibility index (Phi) is 4.37. The molecule has 0 aliphatic carbocycles. The summed E-state index contributed by atoms with van der Waals surface area (Å²) in [5.41, 5.74) is 3.37. The molecule has 0 unspecified atom stereocenters. The monoisotopic (exact) mass is 307 g/mol. The Hall–Kier alpha value is -1.82. The average Bonchev–Trinajstić information content (AvgIpc) is 2.78. The molecular formula is C15H21N3O2S. The lowest BCUT2D eigenvalue weighted by Gasteiger charge is -2.14. The maximum Gasteiger partial charge on any atom is 0.279 e. The first-order chi connectivity index (χ1) is 9.89. The molecule has 0 spiro atoms. The minimum absolute atomic E-state index is 0.200. The predicted octanol–water partition coefficient (Wildman–Crippen LogP) is 2.65. The maximum absolute atomic E-state index is 12.6. The fourth-order valence-electron chi connectivity index (χ4n) is 2.36. The van der Waals surface area contributed by atoms with Gasteiger partial charge >= 0.3 is 0 Å². The molecule has 0 radical (unpaired) electrons. The van der Waals surface area contributed by atoms with Crippen molar-refractivity contribution in [1.29, 1.82) is 0 Å². The predicted molar refractivity (Wildman–Crippen MR) is 84.0 cm³/mol. The second-order valence-electron chi connectivity index (χ2n) is 5.06. The van der Waals surface area contributed by atoms with Crippen molar-refractivity contribution in [3.63, 3.8) is 0 Å². The first-order valence-electron chi connectivity index (χ1n) is 7.02. The minimum atomic E-state index is -3.64. The minimum Gasteiger partial charge on any atom is -0.278 e. The van der Waals surface area contributed by atoms with Crippen molar-refractivity contribution < 1.29 is 8.42 Å². The van der Waals surface area contributed by atoms with Crippen LogP contribution in [-0.2, 0) is 29.9 Å². The lowest BCUT2D eigenvalue weighted by molar-refractivity contribution is 0.580. The van der Waals surface area contributed by atoms with Crippen molar-refractivity contribution in [3.8, 4) is 0 Å². The highest BCUT2D eigenvalue weighted by Gasteiger charge is 2.22. The number of nitrogens with zero attached hydrogens (tertiary/aromatic N) is 2. The molecule has 1 N–H and O–H groups in total. The second-order valence-corrected chi connectivity index (χ2v) is 6.66. The Morgan fingerprint density at radius 1 is 1.24 bits per heavy atom. The number of aryl methyl sites for hydroxylation is 4. The van der Waals surface area contributed by atoms with Crippen molar-refractivity contribution in [2.75, 3.05) is 4.72 Å². The smallest absolute Gasteiger partial charge is 0.278 e. The van der Waals surface area contributed by atoms with Crippen LogP contribution in [0.1, 0.15) is 30.5 Å². The van der Waals surface area contributed by atoms with Gasteiger partial charge in [-0.15, -0.1) is 0 Å². The molecule has 2 aromatic rings. The molecule has 0 aliphatic rings. The van der Waals surface area contributed by atoms with Crippen LogP contribution in [0.2, 0.25) is 0 Å². The molecule has 0 amide bonds. The Labute approximate surface area is 126 Å². The molecule has 0 fully saturated rings. The zero-order chi connectivity index (χ0) is 15.6. The molecule has 2 rings (SSSR count). The van der Waals surface area contributed by atoms with E-state index in [9.17, 15) is 8.42 Å². The highest BCUT2D eigenvalue weighted by molar-refractivity contribution is 7.92.